The predicted molar refractivity (Wildman–Crippen MR) is 90.0 cm³/mol. The van der Waals surface area contributed by atoms with Crippen LogP contribution in [0.4, 0.5) is 0 Å². The van der Waals surface area contributed by atoms with E-state index < -0.39 is 0 Å². The van der Waals surface area contributed by atoms with Gasteiger partial charge < -0.3 is 5.32 Å². The van der Waals surface area contributed by atoms with Gasteiger partial charge in [0.15, 0.2) is 0 Å². The van der Waals surface area contributed by atoms with E-state index in [1.54, 1.807) is 0 Å². The Morgan fingerprint density at radius 1 is 1.14 bits per heavy atom. The van der Waals surface area contributed by atoms with Gasteiger partial charge in [0.05, 0.1) is 0 Å². The fraction of sp³-hybridized carbons (Fsp3) is 0.368. The first-order valence-electron chi connectivity index (χ1n) is 7.87. The Morgan fingerprint density at radius 3 is 2.71 bits per heavy atom. The van der Waals surface area contributed by atoms with Crippen LogP contribution in [0.1, 0.15) is 48.4 Å². The largest absolute Gasteiger partial charge is 0.310 e. The molecule has 2 unspecified atom stereocenters. The highest BCUT2D eigenvalue weighted by Gasteiger charge is 2.29. The second-order valence-electron chi connectivity index (χ2n) is 5.75. The molecule has 0 saturated heterocycles. The van der Waals surface area contributed by atoms with Crippen LogP contribution in [0.2, 0.25) is 5.02 Å². The third-order valence-corrected chi connectivity index (χ3v) is 4.83. The number of aryl methyl sites for hydroxylation is 1. The zero-order valence-corrected chi connectivity index (χ0v) is 13.2. The molecular weight excluding hydrogens is 278 g/mol. The molecule has 21 heavy (non-hydrogen) atoms. The quantitative estimate of drug-likeness (QED) is 0.827. The fourth-order valence-electron chi connectivity index (χ4n) is 3.55. The molecule has 1 aliphatic rings. The molecule has 2 aromatic rings. The van der Waals surface area contributed by atoms with Crippen LogP contribution >= 0.6 is 11.6 Å². The van der Waals surface area contributed by atoms with Crippen molar-refractivity contribution in [1.29, 1.82) is 0 Å². The van der Waals surface area contributed by atoms with Gasteiger partial charge in [-0.3, -0.25) is 0 Å². The average molecular weight is 300 g/mol. The van der Waals surface area contributed by atoms with Crippen molar-refractivity contribution < 1.29 is 0 Å². The van der Waals surface area contributed by atoms with Crippen molar-refractivity contribution in [2.45, 2.75) is 38.1 Å². The number of halogens is 1. The van der Waals surface area contributed by atoms with Crippen molar-refractivity contribution in [3.63, 3.8) is 0 Å². The molecule has 0 fully saturated rings. The lowest BCUT2D eigenvalue weighted by Gasteiger charge is -2.33. The number of likely N-dealkylation sites (N-methyl/N-ethyl adjacent to an activating group) is 1. The van der Waals surface area contributed by atoms with Crippen LogP contribution in [0.25, 0.3) is 0 Å². The summed E-state index contributed by atoms with van der Waals surface area (Å²) in [5.74, 6) is 0.509. The molecule has 0 aliphatic heterocycles. The topological polar surface area (TPSA) is 12.0 Å². The van der Waals surface area contributed by atoms with Crippen LogP contribution in [-0.2, 0) is 6.42 Å². The average Bonchev–Trinajstić information content (AvgIpc) is 2.53. The van der Waals surface area contributed by atoms with Crippen molar-refractivity contribution in [1.82, 2.24) is 5.32 Å². The third kappa shape index (κ3) is 3.00. The summed E-state index contributed by atoms with van der Waals surface area (Å²) in [6.07, 6.45) is 3.68. The van der Waals surface area contributed by atoms with Crippen LogP contribution in [0, 0.1) is 0 Å². The molecule has 110 valence electrons. The molecule has 0 aromatic heterocycles. The molecule has 0 bridgehead atoms. The highest BCUT2D eigenvalue weighted by atomic mass is 35.5. The summed E-state index contributed by atoms with van der Waals surface area (Å²) in [6, 6.07) is 17.4. The smallest absolute Gasteiger partial charge is 0.0454 e. The summed E-state index contributed by atoms with van der Waals surface area (Å²) in [5, 5.41) is 4.53. The van der Waals surface area contributed by atoms with Gasteiger partial charge in [-0.15, -0.1) is 0 Å². The Labute approximate surface area is 132 Å². The maximum Gasteiger partial charge on any atom is 0.0454 e. The number of hydrogen-bond donors (Lipinski definition) is 1. The first-order chi connectivity index (χ1) is 10.3. The van der Waals surface area contributed by atoms with E-state index in [1.165, 1.54) is 36.0 Å². The van der Waals surface area contributed by atoms with Crippen molar-refractivity contribution in [3.8, 4) is 0 Å². The van der Waals surface area contributed by atoms with Crippen molar-refractivity contribution in [2.24, 2.45) is 0 Å². The molecular formula is C19H22ClN. The molecule has 3 rings (SSSR count). The van der Waals surface area contributed by atoms with Crippen LogP contribution in [-0.4, -0.2) is 6.54 Å². The summed E-state index contributed by atoms with van der Waals surface area (Å²) in [6.45, 7) is 3.12. The number of fused-ring (bicyclic) bond motifs is 1. The lowest BCUT2D eigenvalue weighted by molar-refractivity contribution is 0.409. The molecule has 0 saturated carbocycles. The Hall–Kier alpha value is -1.31. The van der Waals surface area contributed by atoms with Gasteiger partial charge in [-0.05, 0) is 48.6 Å². The van der Waals surface area contributed by atoms with Gasteiger partial charge in [0, 0.05) is 17.0 Å². The molecule has 0 spiro atoms. The number of benzene rings is 2. The van der Waals surface area contributed by atoms with Gasteiger partial charge in [-0.1, -0.05) is 61.0 Å². The molecule has 1 N–H and O–H groups in total. The first kappa shape index (κ1) is 14.6. The minimum absolute atomic E-state index is 0.296. The molecule has 1 aliphatic carbocycles. The fourth-order valence-corrected chi connectivity index (χ4v) is 3.81. The van der Waals surface area contributed by atoms with E-state index in [-0.39, 0.29) is 0 Å². The van der Waals surface area contributed by atoms with E-state index in [4.69, 9.17) is 11.6 Å². The van der Waals surface area contributed by atoms with E-state index in [9.17, 15) is 0 Å². The van der Waals surface area contributed by atoms with Crippen molar-refractivity contribution in [3.05, 3.63) is 70.2 Å². The van der Waals surface area contributed by atoms with Crippen LogP contribution in [0.3, 0.4) is 0 Å². The Bertz CT molecular complexity index is 608. The van der Waals surface area contributed by atoms with E-state index in [0.29, 0.717) is 12.0 Å². The van der Waals surface area contributed by atoms with Crippen LogP contribution in [0.5, 0.6) is 0 Å². The molecule has 2 aromatic carbocycles. The van der Waals surface area contributed by atoms with Gasteiger partial charge >= 0.3 is 0 Å². The summed E-state index contributed by atoms with van der Waals surface area (Å²) in [7, 11) is 0. The van der Waals surface area contributed by atoms with Crippen molar-refractivity contribution in [2.75, 3.05) is 6.54 Å². The van der Waals surface area contributed by atoms with Gasteiger partial charge in [0.1, 0.15) is 0 Å². The van der Waals surface area contributed by atoms with E-state index in [0.717, 1.165) is 11.6 Å². The zero-order chi connectivity index (χ0) is 14.7. The first-order valence-corrected chi connectivity index (χ1v) is 8.24. The van der Waals surface area contributed by atoms with E-state index >= 15 is 0 Å². The predicted octanol–water partition coefficient (Wildman–Crippen LogP) is 5.11. The minimum atomic E-state index is 0.296. The van der Waals surface area contributed by atoms with E-state index in [1.807, 2.05) is 12.1 Å². The molecule has 1 nitrogen and oxygen atoms in total. The third-order valence-electron chi connectivity index (χ3n) is 4.48. The van der Waals surface area contributed by atoms with Gasteiger partial charge in [0.2, 0.25) is 0 Å². The Morgan fingerprint density at radius 2 is 1.90 bits per heavy atom. The molecule has 2 heteroatoms. The molecule has 0 amide bonds. The zero-order valence-electron chi connectivity index (χ0n) is 12.5. The minimum Gasteiger partial charge on any atom is -0.310 e. The summed E-state index contributed by atoms with van der Waals surface area (Å²) >= 11 is 6.46. The Kier molecular flexibility index (Phi) is 4.62. The van der Waals surface area contributed by atoms with Crippen LogP contribution in [0.15, 0.2) is 48.5 Å². The van der Waals surface area contributed by atoms with Gasteiger partial charge in [0.25, 0.3) is 0 Å². The van der Waals surface area contributed by atoms with E-state index in [2.05, 4.69) is 48.6 Å². The maximum absolute atomic E-state index is 6.46. The highest BCUT2D eigenvalue weighted by Crippen LogP contribution is 2.41. The Balaban J connectivity index is 2.01. The number of rotatable bonds is 4. The summed E-state index contributed by atoms with van der Waals surface area (Å²) in [5.41, 5.74) is 4.22. The normalized spacial score (nSPS) is 19.0. The second kappa shape index (κ2) is 6.64. The van der Waals surface area contributed by atoms with Crippen LogP contribution < -0.4 is 5.32 Å². The standard InChI is InChI=1S/C19H22ClN/c1-2-21-19(17-11-5-6-13-18(17)20)16-12-7-9-14-8-3-4-10-15(14)16/h3-6,8,10-11,13,16,19,21H,2,7,9,12H2,1H3. The maximum atomic E-state index is 6.46. The highest BCUT2D eigenvalue weighted by molar-refractivity contribution is 6.31. The number of hydrogen-bond acceptors (Lipinski definition) is 1. The van der Waals surface area contributed by atoms with Gasteiger partial charge in [-0.2, -0.15) is 0 Å². The molecule has 0 heterocycles. The monoisotopic (exact) mass is 299 g/mol. The van der Waals surface area contributed by atoms with Crippen molar-refractivity contribution >= 4 is 11.6 Å². The lowest BCUT2D eigenvalue weighted by atomic mass is 9.76. The SMILES string of the molecule is CCNC(c1ccccc1Cl)C1CCCc2ccccc21. The molecule has 2 atom stereocenters. The second-order valence-corrected chi connectivity index (χ2v) is 6.16. The lowest BCUT2D eigenvalue weighted by Crippen LogP contribution is -2.29. The van der Waals surface area contributed by atoms with Gasteiger partial charge in [-0.25, -0.2) is 0 Å². The number of nitrogens with one attached hydrogen (secondary N) is 1. The molecule has 0 radical (unpaired) electrons. The summed E-state index contributed by atoms with van der Waals surface area (Å²) in [4.78, 5) is 0. The summed E-state index contributed by atoms with van der Waals surface area (Å²) < 4.78 is 0.